The standard InChI is InChI=1S/C15H23N5O2S/c1-10(2)16-13(22)11-5-3-7-19(9-11)14-17-18-15(23-14)20-8-4-6-12(20)21/h10-11H,3-9H2,1-2H3,(H,16,22)/t11-/m1/s1. The molecule has 3 heterocycles. The van der Waals surface area contributed by atoms with Crippen LogP contribution in [-0.2, 0) is 9.59 Å². The van der Waals surface area contributed by atoms with Gasteiger partial charge in [0.25, 0.3) is 0 Å². The Hall–Kier alpha value is -1.70. The number of carbonyl (C=O) groups excluding carboxylic acids is 2. The number of aromatic nitrogens is 2. The number of hydrogen-bond acceptors (Lipinski definition) is 6. The minimum Gasteiger partial charge on any atom is -0.354 e. The Labute approximate surface area is 140 Å². The monoisotopic (exact) mass is 337 g/mol. The molecule has 2 saturated heterocycles. The van der Waals surface area contributed by atoms with E-state index in [2.05, 4.69) is 20.4 Å². The van der Waals surface area contributed by atoms with E-state index in [1.807, 2.05) is 13.8 Å². The van der Waals surface area contributed by atoms with Gasteiger partial charge in [-0.1, -0.05) is 11.3 Å². The first-order chi connectivity index (χ1) is 11.0. The lowest BCUT2D eigenvalue weighted by molar-refractivity contribution is -0.125. The summed E-state index contributed by atoms with van der Waals surface area (Å²) >= 11 is 1.45. The van der Waals surface area contributed by atoms with Gasteiger partial charge in [-0.15, -0.1) is 10.2 Å². The van der Waals surface area contributed by atoms with Gasteiger partial charge >= 0.3 is 0 Å². The summed E-state index contributed by atoms with van der Waals surface area (Å²) in [6, 6.07) is 0.159. The summed E-state index contributed by atoms with van der Waals surface area (Å²) in [5.74, 6) is 0.233. The van der Waals surface area contributed by atoms with Crippen molar-refractivity contribution in [3.05, 3.63) is 0 Å². The summed E-state index contributed by atoms with van der Waals surface area (Å²) in [4.78, 5) is 27.9. The number of hydrogen-bond donors (Lipinski definition) is 1. The van der Waals surface area contributed by atoms with E-state index in [0.29, 0.717) is 18.1 Å². The maximum Gasteiger partial charge on any atom is 0.228 e. The fourth-order valence-corrected chi connectivity index (χ4v) is 3.99. The molecule has 2 aliphatic heterocycles. The van der Waals surface area contributed by atoms with Gasteiger partial charge in [-0.3, -0.25) is 14.5 Å². The fourth-order valence-electron chi connectivity index (χ4n) is 3.06. The lowest BCUT2D eigenvalue weighted by atomic mass is 9.97. The van der Waals surface area contributed by atoms with E-state index in [9.17, 15) is 9.59 Å². The van der Waals surface area contributed by atoms with Crippen molar-refractivity contribution in [3.63, 3.8) is 0 Å². The smallest absolute Gasteiger partial charge is 0.228 e. The Morgan fingerprint density at radius 1 is 1.26 bits per heavy atom. The molecule has 0 aromatic carbocycles. The van der Waals surface area contributed by atoms with Crippen molar-refractivity contribution >= 4 is 33.4 Å². The first-order valence-corrected chi connectivity index (χ1v) is 9.05. The average Bonchev–Trinajstić information content (AvgIpc) is 3.15. The van der Waals surface area contributed by atoms with Gasteiger partial charge in [0, 0.05) is 32.1 Å². The van der Waals surface area contributed by atoms with Crippen LogP contribution in [0.1, 0.15) is 39.5 Å². The van der Waals surface area contributed by atoms with Crippen LogP contribution in [0.2, 0.25) is 0 Å². The van der Waals surface area contributed by atoms with Gasteiger partial charge in [0.2, 0.25) is 22.1 Å². The molecule has 8 heteroatoms. The van der Waals surface area contributed by atoms with Crippen LogP contribution < -0.4 is 15.1 Å². The minimum atomic E-state index is -0.00748. The van der Waals surface area contributed by atoms with Crippen LogP contribution in [-0.4, -0.2) is 47.7 Å². The first kappa shape index (κ1) is 16.2. The zero-order chi connectivity index (χ0) is 16.4. The molecular weight excluding hydrogens is 314 g/mol. The van der Waals surface area contributed by atoms with E-state index < -0.39 is 0 Å². The van der Waals surface area contributed by atoms with Crippen LogP contribution in [0.3, 0.4) is 0 Å². The van der Waals surface area contributed by atoms with Crippen molar-refractivity contribution in [2.75, 3.05) is 29.4 Å². The number of anilines is 2. The molecule has 1 aromatic rings. The molecule has 0 radical (unpaired) electrons. The summed E-state index contributed by atoms with van der Waals surface area (Å²) in [5, 5.41) is 12.9. The van der Waals surface area contributed by atoms with Gasteiger partial charge in [0.05, 0.1) is 5.92 Å². The quantitative estimate of drug-likeness (QED) is 0.899. The Morgan fingerprint density at radius 2 is 2.04 bits per heavy atom. The Morgan fingerprint density at radius 3 is 2.74 bits per heavy atom. The number of nitrogens with zero attached hydrogens (tertiary/aromatic N) is 4. The first-order valence-electron chi connectivity index (χ1n) is 8.24. The van der Waals surface area contributed by atoms with Crippen LogP contribution in [0, 0.1) is 5.92 Å². The second-order valence-electron chi connectivity index (χ2n) is 6.46. The number of piperidine rings is 1. The minimum absolute atomic E-state index is 0.00748. The molecule has 2 amide bonds. The summed E-state index contributed by atoms with van der Waals surface area (Å²) in [6.07, 6.45) is 3.35. The number of nitrogens with one attached hydrogen (secondary N) is 1. The molecule has 1 atom stereocenters. The Bertz CT molecular complexity index is 588. The lowest BCUT2D eigenvalue weighted by Crippen LogP contribution is -2.44. The third-order valence-corrected chi connectivity index (χ3v) is 5.21. The maximum atomic E-state index is 12.2. The van der Waals surface area contributed by atoms with Crippen molar-refractivity contribution in [1.29, 1.82) is 0 Å². The average molecular weight is 337 g/mol. The molecule has 0 saturated carbocycles. The molecule has 2 fully saturated rings. The van der Waals surface area contributed by atoms with Crippen LogP contribution in [0.4, 0.5) is 10.3 Å². The van der Waals surface area contributed by atoms with Gasteiger partial charge < -0.3 is 10.2 Å². The molecule has 126 valence electrons. The van der Waals surface area contributed by atoms with Crippen LogP contribution in [0.25, 0.3) is 0 Å². The van der Waals surface area contributed by atoms with E-state index in [1.165, 1.54) is 11.3 Å². The van der Waals surface area contributed by atoms with Crippen molar-refractivity contribution in [2.24, 2.45) is 5.92 Å². The SMILES string of the molecule is CC(C)NC(=O)[C@@H]1CCCN(c2nnc(N3CCCC3=O)s2)C1. The molecule has 0 spiro atoms. The molecule has 23 heavy (non-hydrogen) atoms. The fraction of sp³-hybridized carbons (Fsp3) is 0.733. The zero-order valence-electron chi connectivity index (χ0n) is 13.6. The third kappa shape index (κ3) is 3.63. The summed E-state index contributed by atoms with van der Waals surface area (Å²) < 4.78 is 0. The topological polar surface area (TPSA) is 78.4 Å². The predicted molar refractivity (Wildman–Crippen MR) is 89.7 cm³/mol. The Balaban J connectivity index is 1.66. The van der Waals surface area contributed by atoms with Gasteiger partial charge in [-0.2, -0.15) is 0 Å². The molecule has 0 aliphatic carbocycles. The maximum absolute atomic E-state index is 12.2. The van der Waals surface area contributed by atoms with Gasteiger partial charge in [0.1, 0.15) is 0 Å². The number of rotatable bonds is 4. The highest BCUT2D eigenvalue weighted by atomic mass is 32.1. The van der Waals surface area contributed by atoms with E-state index in [0.717, 1.165) is 37.5 Å². The Kier molecular flexibility index (Phi) is 4.79. The molecule has 2 aliphatic rings. The van der Waals surface area contributed by atoms with Crippen molar-refractivity contribution in [1.82, 2.24) is 15.5 Å². The molecule has 3 rings (SSSR count). The van der Waals surface area contributed by atoms with Crippen molar-refractivity contribution in [2.45, 2.75) is 45.6 Å². The number of amides is 2. The molecule has 0 unspecified atom stereocenters. The van der Waals surface area contributed by atoms with E-state index in [-0.39, 0.29) is 23.8 Å². The molecule has 1 N–H and O–H groups in total. The van der Waals surface area contributed by atoms with E-state index in [1.54, 1.807) is 4.90 Å². The number of carbonyl (C=O) groups is 2. The second-order valence-corrected chi connectivity index (χ2v) is 7.40. The molecule has 1 aromatic heterocycles. The predicted octanol–water partition coefficient (Wildman–Crippen LogP) is 1.41. The van der Waals surface area contributed by atoms with E-state index in [4.69, 9.17) is 0 Å². The molecular formula is C15H23N5O2S. The summed E-state index contributed by atoms with van der Waals surface area (Å²) in [7, 11) is 0. The van der Waals surface area contributed by atoms with Crippen LogP contribution in [0.5, 0.6) is 0 Å². The highest BCUT2D eigenvalue weighted by Gasteiger charge is 2.30. The molecule has 0 bridgehead atoms. The lowest BCUT2D eigenvalue weighted by Gasteiger charge is -2.31. The second kappa shape index (κ2) is 6.82. The third-order valence-electron chi connectivity index (χ3n) is 4.20. The van der Waals surface area contributed by atoms with Gasteiger partial charge in [-0.25, -0.2) is 0 Å². The summed E-state index contributed by atoms with van der Waals surface area (Å²) in [5.41, 5.74) is 0. The zero-order valence-corrected chi connectivity index (χ0v) is 14.4. The molecule has 7 nitrogen and oxygen atoms in total. The summed E-state index contributed by atoms with van der Waals surface area (Å²) in [6.45, 7) is 6.23. The van der Waals surface area contributed by atoms with Crippen molar-refractivity contribution < 1.29 is 9.59 Å². The van der Waals surface area contributed by atoms with Gasteiger partial charge in [-0.05, 0) is 33.1 Å². The van der Waals surface area contributed by atoms with E-state index >= 15 is 0 Å². The van der Waals surface area contributed by atoms with Crippen molar-refractivity contribution in [3.8, 4) is 0 Å². The highest BCUT2D eigenvalue weighted by Crippen LogP contribution is 2.32. The normalized spacial score (nSPS) is 22.0. The van der Waals surface area contributed by atoms with Crippen LogP contribution in [0.15, 0.2) is 0 Å². The highest BCUT2D eigenvalue weighted by molar-refractivity contribution is 7.19. The van der Waals surface area contributed by atoms with Crippen LogP contribution >= 0.6 is 11.3 Å². The largest absolute Gasteiger partial charge is 0.354 e. The van der Waals surface area contributed by atoms with Gasteiger partial charge in [0.15, 0.2) is 0 Å².